The molecule has 2 fully saturated rings. The molecule has 16 heteroatoms. The van der Waals surface area contributed by atoms with E-state index in [2.05, 4.69) is 30.6 Å². The summed E-state index contributed by atoms with van der Waals surface area (Å²) in [6, 6.07) is 6.25. The molecule has 16 nitrogen and oxygen atoms in total. The topological polar surface area (TPSA) is 193 Å². The Labute approximate surface area is 316 Å². The van der Waals surface area contributed by atoms with Gasteiger partial charge in [-0.3, -0.25) is 9.59 Å². The Bertz CT molecular complexity index is 1720. The molecule has 0 saturated carbocycles. The summed E-state index contributed by atoms with van der Waals surface area (Å²) in [4.78, 5) is 70.2. The standard InChI is InChI=1S/C38H54N8O8/c1-8-15-45(34(47)31(22(2)3)43-37(49)51-6)19-30-39-17-28(41-30)26-20-53-36(54-21-26)25-13-11-24(12-14-25)27-18-40-33(42-27)29-10-9-16-46(29)35(48)32(23(4)5)44-38(50)52-7/h11-14,17-18,22-23,26,29,31-32,36H,8-10,15-16,19-21H2,1-7H3,(H,39,41)(H,40,42)(H,43,49)(H,44,50)/t26?,29-,31?,32-,36?/m1/s1. The molecule has 54 heavy (non-hydrogen) atoms. The van der Waals surface area contributed by atoms with Gasteiger partial charge >= 0.3 is 12.2 Å². The van der Waals surface area contributed by atoms with Crippen molar-refractivity contribution in [1.82, 2.24) is 40.4 Å². The average molecular weight is 751 g/mol. The zero-order valence-electron chi connectivity index (χ0n) is 32.2. The van der Waals surface area contributed by atoms with E-state index in [4.69, 9.17) is 18.9 Å². The maximum Gasteiger partial charge on any atom is 0.407 e. The number of aromatic nitrogens is 4. The number of benzene rings is 1. The number of rotatable bonds is 14. The number of amides is 4. The van der Waals surface area contributed by atoms with E-state index in [0.717, 1.165) is 41.8 Å². The number of carbonyl (C=O) groups is 4. The first-order valence-corrected chi connectivity index (χ1v) is 18.6. The van der Waals surface area contributed by atoms with E-state index in [9.17, 15) is 19.2 Å². The number of H-pyrrole nitrogens is 2. The molecule has 2 aromatic heterocycles. The minimum atomic E-state index is -0.719. The van der Waals surface area contributed by atoms with Crippen molar-refractivity contribution in [2.24, 2.45) is 11.8 Å². The molecule has 0 aliphatic carbocycles. The van der Waals surface area contributed by atoms with Gasteiger partial charge in [0.05, 0.1) is 51.9 Å². The van der Waals surface area contributed by atoms with Crippen LogP contribution >= 0.6 is 0 Å². The molecule has 5 rings (SSSR count). The van der Waals surface area contributed by atoms with Gasteiger partial charge in [-0.05, 0) is 36.7 Å². The molecule has 4 heterocycles. The first-order chi connectivity index (χ1) is 25.9. The summed E-state index contributed by atoms with van der Waals surface area (Å²) in [7, 11) is 2.56. The lowest BCUT2D eigenvalue weighted by atomic mass is 10.0. The van der Waals surface area contributed by atoms with Gasteiger partial charge in [-0.2, -0.15) is 0 Å². The Morgan fingerprint density at radius 3 is 2.19 bits per heavy atom. The number of imidazole rings is 2. The lowest BCUT2D eigenvalue weighted by molar-refractivity contribution is -0.192. The van der Waals surface area contributed by atoms with Crippen LogP contribution in [0.4, 0.5) is 9.59 Å². The maximum atomic E-state index is 13.5. The third-order valence-electron chi connectivity index (χ3n) is 9.86. The number of aromatic amines is 2. The van der Waals surface area contributed by atoms with E-state index >= 15 is 0 Å². The molecule has 2 aliphatic rings. The van der Waals surface area contributed by atoms with Gasteiger partial charge in [-0.1, -0.05) is 58.9 Å². The van der Waals surface area contributed by atoms with E-state index in [0.29, 0.717) is 38.0 Å². The number of hydrogen-bond donors (Lipinski definition) is 4. The van der Waals surface area contributed by atoms with Crippen LogP contribution in [0.1, 0.15) is 95.0 Å². The second-order valence-corrected chi connectivity index (χ2v) is 14.4. The van der Waals surface area contributed by atoms with Crippen molar-refractivity contribution in [1.29, 1.82) is 0 Å². The minimum Gasteiger partial charge on any atom is -0.453 e. The Morgan fingerprint density at radius 1 is 0.926 bits per heavy atom. The predicted octanol–water partition coefficient (Wildman–Crippen LogP) is 4.79. The predicted molar refractivity (Wildman–Crippen MR) is 198 cm³/mol. The van der Waals surface area contributed by atoms with E-state index in [1.165, 1.54) is 14.2 Å². The lowest BCUT2D eigenvalue weighted by Gasteiger charge is -2.30. The summed E-state index contributed by atoms with van der Waals surface area (Å²) in [5.41, 5.74) is 3.48. The van der Waals surface area contributed by atoms with Crippen LogP contribution in [0.5, 0.6) is 0 Å². The molecule has 0 spiro atoms. The van der Waals surface area contributed by atoms with Crippen molar-refractivity contribution in [3.63, 3.8) is 0 Å². The van der Waals surface area contributed by atoms with Crippen LogP contribution in [-0.4, -0.2) is 106 Å². The number of ether oxygens (including phenoxy) is 4. The highest BCUT2D eigenvalue weighted by molar-refractivity contribution is 5.87. The third-order valence-corrected chi connectivity index (χ3v) is 9.86. The summed E-state index contributed by atoms with van der Waals surface area (Å²) >= 11 is 0. The Hall–Kier alpha value is -4.96. The third kappa shape index (κ3) is 9.58. The largest absolute Gasteiger partial charge is 0.453 e. The highest BCUT2D eigenvalue weighted by atomic mass is 16.7. The number of nitrogens with one attached hydrogen (secondary N) is 4. The first kappa shape index (κ1) is 40.2. The first-order valence-electron chi connectivity index (χ1n) is 18.6. The summed E-state index contributed by atoms with van der Waals surface area (Å²) < 4.78 is 21.8. The molecule has 0 radical (unpaired) electrons. The zero-order chi connectivity index (χ0) is 38.9. The van der Waals surface area contributed by atoms with E-state index < -0.39 is 30.6 Å². The van der Waals surface area contributed by atoms with Gasteiger partial charge in [0.25, 0.3) is 0 Å². The Balaban J connectivity index is 1.16. The van der Waals surface area contributed by atoms with Crippen LogP contribution in [0, 0.1) is 11.8 Å². The highest BCUT2D eigenvalue weighted by Crippen LogP contribution is 2.34. The number of hydrogen-bond acceptors (Lipinski definition) is 10. The van der Waals surface area contributed by atoms with Gasteiger partial charge in [0.15, 0.2) is 6.29 Å². The number of nitrogens with zero attached hydrogens (tertiary/aromatic N) is 4. The van der Waals surface area contributed by atoms with Crippen LogP contribution in [0.15, 0.2) is 36.7 Å². The summed E-state index contributed by atoms with van der Waals surface area (Å²) in [5.74, 6) is 0.676. The lowest BCUT2D eigenvalue weighted by Crippen LogP contribution is -2.51. The van der Waals surface area contributed by atoms with Crippen molar-refractivity contribution >= 4 is 24.0 Å². The fraction of sp³-hybridized carbons (Fsp3) is 0.579. The molecule has 3 atom stereocenters. The van der Waals surface area contributed by atoms with Crippen molar-refractivity contribution in [2.75, 3.05) is 40.5 Å². The number of methoxy groups -OCH3 is 2. The van der Waals surface area contributed by atoms with Gasteiger partial charge in [0.1, 0.15) is 23.7 Å². The Kier molecular flexibility index (Phi) is 13.7. The second kappa shape index (κ2) is 18.4. The van der Waals surface area contributed by atoms with Gasteiger partial charge in [0, 0.05) is 36.5 Å². The molecule has 2 saturated heterocycles. The fourth-order valence-corrected chi connectivity index (χ4v) is 6.82. The second-order valence-electron chi connectivity index (χ2n) is 14.4. The fourth-order valence-electron chi connectivity index (χ4n) is 6.82. The average Bonchev–Trinajstić information content (AvgIpc) is 3.97. The summed E-state index contributed by atoms with van der Waals surface area (Å²) in [6.45, 7) is 11.7. The van der Waals surface area contributed by atoms with Gasteiger partial charge in [0.2, 0.25) is 11.8 Å². The normalized spacial score (nSPS) is 19.7. The van der Waals surface area contributed by atoms with Crippen molar-refractivity contribution in [3.05, 3.63) is 59.6 Å². The SMILES string of the molecule is CCCN(Cc1ncc(C2COC(c3ccc(-c4cnc([C@H]5CCCN5C(=O)[C@H](NC(=O)OC)C(C)C)[nH]4)cc3)OC2)[nH]1)C(=O)C(NC(=O)OC)C(C)C. The maximum absolute atomic E-state index is 13.5. The van der Waals surface area contributed by atoms with Crippen LogP contribution in [0.2, 0.25) is 0 Å². The highest BCUT2D eigenvalue weighted by Gasteiger charge is 2.38. The van der Waals surface area contributed by atoms with Gasteiger partial charge < -0.3 is 49.3 Å². The van der Waals surface area contributed by atoms with Crippen molar-refractivity contribution in [3.8, 4) is 11.3 Å². The minimum absolute atomic E-state index is 0.0704. The Morgan fingerprint density at radius 2 is 1.57 bits per heavy atom. The molecule has 2 aliphatic heterocycles. The molecule has 0 bridgehead atoms. The molecule has 3 aromatic rings. The molecule has 294 valence electrons. The number of carbonyl (C=O) groups excluding carboxylic acids is 4. The summed E-state index contributed by atoms with van der Waals surface area (Å²) in [6.07, 6.45) is 4.07. The zero-order valence-corrected chi connectivity index (χ0v) is 32.2. The van der Waals surface area contributed by atoms with Crippen LogP contribution in [0.3, 0.4) is 0 Å². The number of likely N-dealkylation sites (tertiary alicyclic amines) is 1. The van der Waals surface area contributed by atoms with E-state index in [1.807, 2.05) is 58.9 Å². The monoisotopic (exact) mass is 750 g/mol. The van der Waals surface area contributed by atoms with Crippen LogP contribution < -0.4 is 10.6 Å². The van der Waals surface area contributed by atoms with E-state index in [-0.39, 0.29) is 42.2 Å². The molecular weight excluding hydrogens is 696 g/mol. The van der Waals surface area contributed by atoms with Gasteiger partial charge in [-0.25, -0.2) is 19.6 Å². The molecular formula is C38H54N8O8. The van der Waals surface area contributed by atoms with Gasteiger partial charge in [-0.15, -0.1) is 0 Å². The summed E-state index contributed by atoms with van der Waals surface area (Å²) in [5, 5.41) is 5.34. The smallest absolute Gasteiger partial charge is 0.407 e. The molecule has 4 amide bonds. The molecule has 1 unspecified atom stereocenters. The van der Waals surface area contributed by atoms with E-state index in [1.54, 1.807) is 22.2 Å². The van der Waals surface area contributed by atoms with Crippen molar-refractivity contribution < 1.29 is 38.1 Å². The number of alkyl carbamates (subject to hydrolysis) is 2. The van der Waals surface area contributed by atoms with Crippen LogP contribution in [0.25, 0.3) is 11.3 Å². The van der Waals surface area contributed by atoms with Crippen LogP contribution in [-0.2, 0) is 35.1 Å². The molecule has 4 N–H and O–H groups in total. The quantitative estimate of drug-likeness (QED) is 0.178. The molecule has 1 aromatic carbocycles. The van der Waals surface area contributed by atoms with Crippen molar-refractivity contribution in [2.45, 2.75) is 90.8 Å².